The molecule has 20 heavy (non-hydrogen) atoms. The number of nitrogens with two attached hydrogens (primary N) is 1. The Bertz CT molecular complexity index is 713. The fourth-order valence-electron chi connectivity index (χ4n) is 1.67. The van der Waals surface area contributed by atoms with Crippen LogP contribution in [0.25, 0.3) is 0 Å². The largest absolute Gasteiger partial charge is 0.395 e. The molecule has 0 aliphatic heterocycles. The lowest BCUT2D eigenvalue weighted by molar-refractivity contribution is 0.573. The highest BCUT2D eigenvalue weighted by molar-refractivity contribution is 7.89. The van der Waals surface area contributed by atoms with E-state index in [2.05, 4.69) is 14.9 Å². The van der Waals surface area contributed by atoms with Crippen LogP contribution in [0, 0.1) is 5.82 Å². The van der Waals surface area contributed by atoms with E-state index in [4.69, 9.17) is 5.73 Å². The fraction of sp³-hybridized carbons (Fsp3) is 0.273. The van der Waals surface area contributed by atoms with Crippen LogP contribution in [-0.4, -0.2) is 23.2 Å². The Morgan fingerprint density at radius 2 is 2.20 bits per heavy atom. The molecule has 108 valence electrons. The summed E-state index contributed by atoms with van der Waals surface area (Å²) in [5.74, 6) is -0.310. The Labute approximate surface area is 115 Å². The first-order valence-corrected chi connectivity index (χ1v) is 7.34. The number of sulfonamides is 1. The normalized spacial score (nSPS) is 11.7. The molecule has 0 radical (unpaired) electrons. The summed E-state index contributed by atoms with van der Waals surface area (Å²) in [5, 5.41) is 7.50. The number of halogens is 1. The molecule has 0 amide bonds. The van der Waals surface area contributed by atoms with E-state index >= 15 is 0 Å². The van der Waals surface area contributed by atoms with Gasteiger partial charge in [-0.05, 0) is 19.1 Å². The molecule has 0 atom stereocenters. The molecule has 7 nitrogen and oxygen atoms in total. The molecule has 9 heteroatoms. The third kappa shape index (κ3) is 2.78. The maximum Gasteiger partial charge on any atom is 0.243 e. The smallest absolute Gasteiger partial charge is 0.243 e. The van der Waals surface area contributed by atoms with Gasteiger partial charge < -0.3 is 10.3 Å². The molecular weight excluding hydrogens is 285 g/mol. The summed E-state index contributed by atoms with van der Waals surface area (Å²) in [6.07, 6.45) is 1.50. The van der Waals surface area contributed by atoms with Gasteiger partial charge in [-0.3, -0.25) is 0 Å². The molecule has 0 spiro atoms. The second-order valence-electron chi connectivity index (χ2n) is 4.01. The van der Waals surface area contributed by atoms with Crippen LogP contribution < -0.4 is 10.5 Å². The number of hydrogen-bond donors (Lipinski definition) is 2. The number of aromatic nitrogens is 3. The molecule has 3 N–H and O–H groups in total. The Morgan fingerprint density at radius 1 is 1.45 bits per heavy atom. The van der Waals surface area contributed by atoms with Gasteiger partial charge in [0.2, 0.25) is 10.0 Å². The number of aryl methyl sites for hydroxylation is 1. The molecule has 0 aliphatic rings. The minimum absolute atomic E-state index is 0.0495. The SMILES string of the molecule is CCn1cnnc1CNS(=O)(=O)c1cccc(F)c1N. The second kappa shape index (κ2) is 5.55. The van der Waals surface area contributed by atoms with Crippen LogP contribution in [0.4, 0.5) is 10.1 Å². The van der Waals surface area contributed by atoms with Crippen molar-refractivity contribution in [3.63, 3.8) is 0 Å². The van der Waals surface area contributed by atoms with Crippen LogP contribution in [0.2, 0.25) is 0 Å². The van der Waals surface area contributed by atoms with Crippen molar-refractivity contribution in [1.29, 1.82) is 0 Å². The van der Waals surface area contributed by atoms with E-state index in [0.29, 0.717) is 12.4 Å². The minimum Gasteiger partial charge on any atom is -0.395 e. The van der Waals surface area contributed by atoms with Crippen molar-refractivity contribution in [2.24, 2.45) is 0 Å². The molecule has 1 aromatic heterocycles. The highest BCUT2D eigenvalue weighted by Gasteiger charge is 2.20. The minimum atomic E-state index is -3.91. The summed E-state index contributed by atoms with van der Waals surface area (Å²) >= 11 is 0. The lowest BCUT2D eigenvalue weighted by Gasteiger charge is -2.09. The summed E-state index contributed by atoms with van der Waals surface area (Å²) in [7, 11) is -3.91. The van der Waals surface area contributed by atoms with Gasteiger partial charge >= 0.3 is 0 Å². The summed E-state index contributed by atoms with van der Waals surface area (Å²) in [5.41, 5.74) is 5.04. The second-order valence-corrected chi connectivity index (χ2v) is 5.74. The van der Waals surface area contributed by atoms with E-state index < -0.39 is 21.5 Å². The van der Waals surface area contributed by atoms with Gasteiger partial charge in [0.05, 0.1) is 12.2 Å². The van der Waals surface area contributed by atoms with Crippen molar-refractivity contribution in [2.75, 3.05) is 5.73 Å². The maximum atomic E-state index is 13.3. The van der Waals surface area contributed by atoms with E-state index in [9.17, 15) is 12.8 Å². The number of para-hydroxylation sites is 1. The van der Waals surface area contributed by atoms with Crippen molar-refractivity contribution in [3.8, 4) is 0 Å². The Hall–Kier alpha value is -2.00. The molecule has 0 saturated heterocycles. The van der Waals surface area contributed by atoms with Gasteiger partial charge in [0.1, 0.15) is 22.9 Å². The number of nitrogen functional groups attached to an aromatic ring is 1. The zero-order valence-electron chi connectivity index (χ0n) is 10.7. The summed E-state index contributed by atoms with van der Waals surface area (Å²) in [4.78, 5) is -0.292. The van der Waals surface area contributed by atoms with Gasteiger partial charge in [0.15, 0.2) is 0 Å². The first-order valence-electron chi connectivity index (χ1n) is 5.86. The van der Waals surface area contributed by atoms with Crippen LogP contribution in [0.5, 0.6) is 0 Å². The van der Waals surface area contributed by atoms with Crippen molar-refractivity contribution in [2.45, 2.75) is 24.9 Å². The number of rotatable bonds is 5. The van der Waals surface area contributed by atoms with Crippen molar-refractivity contribution >= 4 is 15.7 Å². The first kappa shape index (κ1) is 14.4. The molecule has 0 saturated carbocycles. The quantitative estimate of drug-likeness (QED) is 0.782. The van der Waals surface area contributed by atoms with Crippen LogP contribution >= 0.6 is 0 Å². The predicted molar refractivity (Wildman–Crippen MR) is 70.5 cm³/mol. The molecule has 1 aromatic carbocycles. The van der Waals surface area contributed by atoms with E-state index in [0.717, 1.165) is 6.07 Å². The molecule has 2 aromatic rings. The van der Waals surface area contributed by atoms with Crippen molar-refractivity contribution < 1.29 is 12.8 Å². The lowest BCUT2D eigenvalue weighted by Crippen LogP contribution is -2.26. The monoisotopic (exact) mass is 299 g/mol. The Morgan fingerprint density at radius 3 is 2.90 bits per heavy atom. The number of nitrogens with one attached hydrogen (secondary N) is 1. The standard InChI is InChI=1S/C11H14FN5O2S/c1-2-17-7-14-16-10(17)6-15-20(18,19)9-5-3-4-8(12)11(9)13/h3-5,7,15H,2,6,13H2,1H3. The molecule has 0 fully saturated rings. The molecular formula is C11H14FN5O2S. The van der Waals surface area contributed by atoms with E-state index in [1.54, 1.807) is 4.57 Å². The summed E-state index contributed by atoms with van der Waals surface area (Å²) in [6.45, 7) is 2.45. The average molecular weight is 299 g/mol. The molecule has 0 unspecified atom stereocenters. The van der Waals surface area contributed by atoms with Gasteiger partial charge in [-0.25, -0.2) is 17.5 Å². The van der Waals surface area contributed by atoms with Gasteiger partial charge in [-0.15, -0.1) is 10.2 Å². The maximum absolute atomic E-state index is 13.3. The van der Waals surface area contributed by atoms with Crippen LogP contribution in [0.3, 0.4) is 0 Å². The predicted octanol–water partition coefficient (Wildman–Crippen LogP) is 0.498. The Kier molecular flexibility index (Phi) is 4.00. The topological polar surface area (TPSA) is 103 Å². The number of anilines is 1. The third-order valence-corrected chi connectivity index (χ3v) is 4.22. The van der Waals surface area contributed by atoms with Crippen molar-refractivity contribution in [3.05, 3.63) is 36.2 Å². The third-order valence-electron chi connectivity index (χ3n) is 2.76. The number of benzene rings is 1. The van der Waals surface area contributed by atoms with Gasteiger partial charge in [0, 0.05) is 6.54 Å². The van der Waals surface area contributed by atoms with Crippen LogP contribution in [-0.2, 0) is 23.1 Å². The molecule has 0 aliphatic carbocycles. The van der Waals surface area contributed by atoms with Gasteiger partial charge in [-0.1, -0.05) is 6.07 Å². The summed E-state index contributed by atoms with van der Waals surface area (Å²) < 4.78 is 41.5. The number of hydrogen-bond acceptors (Lipinski definition) is 5. The van der Waals surface area contributed by atoms with Crippen LogP contribution in [0.1, 0.15) is 12.7 Å². The molecule has 0 bridgehead atoms. The highest BCUT2D eigenvalue weighted by Crippen LogP contribution is 2.20. The van der Waals surface area contributed by atoms with Crippen LogP contribution in [0.15, 0.2) is 29.4 Å². The van der Waals surface area contributed by atoms with Gasteiger partial charge in [0.25, 0.3) is 0 Å². The number of nitrogens with zero attached hydrogens (tertiary/aromatic N) is 3. The summed E-state index contributed by atoms with van der Waals surface area (Å²) in [6, 6.07) is 3.63. The van der Waals surface area contributed by atoms with E-state index in [-0.39, 0.29) is 11.4 Å². The fourth-order valence-corrected chi connectivity index (χ4v) is 2.79. The molecule has 1 heterocycles. The van der Waals surface area contributed by atoms with E-state index in [1.165, 1.54) is 18.5 Å². The zero-order valence-corrected chi connectivity index (χ0v) is 11.6. The van der Waals surface area contributed by atoms with E-state index in [1.807, 2.05) is 6.92 Å². The average Bonchev–Trinajstić information content (AvgIpc) is 2.87. The lowest BCUT2D eigenvalue weighted by atomic mass is 10.3. The van der Waals surface area contributed by atoms with Gasteiger partial charge in [-0.2, -0.15) is 0 Å². The first-order chi connectivity index (χ1) is 9.45. The highest BCUT2D eigenvalue weighted by atomic mass is 32.2. The Balaban J connectivity index is 2.22. The zero-order chi connectivity index (χ0) is 14.8. The van der Waals surface area contributed by atoms with Crippen molar-refractivity contribution in [1.82, 2.24) is 19.5 Å². The molecule has 2 rings (SSSR count).